The molecule has 0 saturated carbocycles. The number of nitrogens with one attached hydrogen (secondary N) is 2. The zero-order valence-electron chi connectivity index (χ0n) is 18.8. The Balaban J connectivity index is 1.36. The molecular formula is C26H25FN4O2S. The van der Waals surface area contributed by atoms with Crippen molar-refractivity contribution in [1.82, 2.24) is 15.3 Å². The molecule has 0 bridgehead atoms. The minimum Gasteiger partial charge on any atom is -0.349 e. The van der Waals surface area contributed by atoms with Gasteiger partial charge in [-0.25, -0.2) is 9.37 Å². The molecule has 2 aromatic carbocycles. The number of halogens is 1. The molecule has 2 N–H and O–H groups in total. The summed E-state index contributed by atoms with van der Waals surface area (Å²) in [4.78, 5) is 35.5. The van der Waals surface area contributed by atoms with E-state index in [2.05, 4.69) is 10.3 Å². The maximum Gasteiger partial charge on any atom is 0.270 e. The minimum atomic E-state index is -0.301. The highest BCUT2D eigenvalue weighted by molar-refractivity contribution is 7.17. The van der Waals surface area contributed by atoms with Crippen LogP contribution in [0.25, 0.3) is 21.3 Å². The number of amides is 1. The Kier molecular flexibility index (Phi) is 6.15. The van der Waals surface area contributed by atoms with E-state index in [1.807, 2.05) is 47.5 Å². The average Bonchev–Trinajstić information content (AvgIpc) is 3.30. The van der Waals surface area contributed by atoms with Crippen LogP contribution in [0, 0.1) is 11.7 Å². The first-order valence-corrected chi connectivity index (χ1v) is 12.3. The van der Waals surface area contributed by atoms with Crippen molar-refractivity contribution in [3.05, 3.63) is 81.7 Å². The van der Waals surface area contributed by atoms with Crippen LogP contribution in [0.1, 0.15) is 31.4 Å². The van der Waals surface area contributed by atoms with Crippen molar-refractivity contribution >= 4 is 33.4 Å². The lowest BCUT2D eigenvalue weighted by atomic mass is 9.96. The number of fused-ring (bicyclic) bond motifs is 1. The summed E-state index contributed by atoms with van der Waals surface area (Å²) in [5.41, 5.74) is 3.33. The van der Waals surface area contributed by atoms with E-state index in [0.717, 1.165) is 36.1 Å². The highest BCUT2D eigenvalue weighted by atomic mass is 32.1. The summed E-state index contributed by atoms with van der Waals surface area (Å²) >= 11 is 1.39. The third kappa shape index (κ3) is 4.46. The number of hydrogen-bond donors (Lipinski definition) is 2. The molecule has 1 amide bonds. The molecule has 4 aromatic rings. The third-order valence-electron chi connectivity index (χ3n) is 6.32. The highest BCUT2D eigenvalue weighted by Crippen LogP contribution is 2.32. The normalized spacial score (nSPS) is 17.0. The maximum absolute atomic E-state index is 13.2. The molecule has 2 atom stereocenters. The first-order chi connectivity index (χ1) is 16.5. The van der Waals surface area contributed by atoms with E-state index < -0.39 is 0 Å². The number of thiophene rings is 1. The van der Waals surface area contributed by atoms with Crippen LogP contribution in [0.5, 0.6) is 0 Å². The van der Waals surface area contributed by atoms with Crippen molar-refractivity contribution in [3.63, 3.8) is 0 Å². The van der Waals surface area contributed by atoms with Gasteiger partial charge in [-0.1, -0.05) is 42.5 Å². The molecule has 1 saturated heterocycles. The number of piperidine rings is 1. The number of nitrogens with zero attached hydrogens (tertiary/aromatic N) is 2. The maximum atomic E-state index is 13.2. The van der Waals surface area contributed by atoms with Gasteiger partial charge in [0.15, 0.2) is 0 Å². The van der Waals surface area contributed by atoms with Crippen LogP contribution in [0.4, 0.5) is 10.3 Å². The predicted molar refractivity (Wildman–Crippen MR) is 134 cm³/mol. The summed E-state index contributed by atoms with van der Waals surface area (Å²) in [6, 6.07) is 15.8. The Labute approximate surface area is 200 Å². The lowest BCUT2D eigenvalue weighted by molar-refractivity contribution is -0.125. The fourth-order valence-electron chi connectivity index (χ4n) is 4.44. The summed E-state index contributed by atoms with van der Waals surface area (Å²) in [6.45, 7) is 3.08. The number of aromatic nitrogens is 2. The molecule has 1 aliphatic rings. The molecule has 1 fully saturated rings. The van der Waals surface area contributed by atoms with Crippen molar-refractivity contribution in [2.24, 2.45) is 5.92 Å². The molecule has 1 aliphatic heterocycles. The van der Waals surface area contributed by atoms with Crippen molar-refractivity contribution in [2.75, 3.05) is 18.0 Å². The summed E-state index contributed by atoms with van der Waals surface area (Å²) < 4.78 is 13.8. The molecule has 0 unspecified atom stereocenters. The summed E-state index contributed by atoms with van der Waals surface area (Å²) in [6.07, 6.45) is 1.58. The number of rotatable bonds is 5. The standard InChI is InChI=1S/C26H25FN4O2S/c1-16(17-9-11-20(27)12-10-17)28-24(32)19-8-5-13-31(14-19)26-29-22-21(18-6-3-2-4-7-18)15-34-23(22)25(33)30-26/h2-4,6-7,9-12,15-16,19H,5,8,13-14H2,1H3,(H,28,32)(H,29,30,33)/t16-,19-/m1/s1. The first-order valence-electron chi connectivity index (χ1n) is 11.4. The Morgan fingerprint density at radius 3 is 2.74 bits per heavy atom. The second-order valence-corrected chi connectivity index (χ2v) is 9.53. The van der Waals surface area contributed by atoms with Gasteiger partial charge in [0.25, 0.3) is 5.56 Å². The second-order valence-electron chi connectivity index (χ2n) is 8.65. The lowest BCUT2D eigenvalue weighted by Crippen LogP contribution is -2.44. The van der Waals surface area contributed by atoms with E-state index in [1.165, 1.54) is 23.5 Å². The smallest absolute Gasteiger partial charge is 0.270 e. The van der Waals surface area contributed by atoms with Crippen molar-refractivity contribution in [2.45, 2.75) is 25.8 Å². The Hall–Kier alpha value is -3.52. The van der Waals surface area contributed by atoms with Gasteiger partial charge in [0.2, 0.25) is 11.9 Å². The van der Waals surface area contributed by atoms with Crippen LogP contribution in [0.3, 0.4) is 0 Å². The predicted octanol–water partition coefficient (Wildman–Crippen LogP) is 4.88. The third-order valence-corrected chi connectivity index (χ3v) is 7.29. The van der Waals surface area contributed by atoms with Crippen LogP contribution < -0.4 is 15.8 Å². The number of carbonyl (C=O) groups is 1. The summed E-state index contributed by atoms with van der Waals surface area (Å²) in [5, 5.41) is 5.01. The van der Waals surface area contributed by atoms with E-state index in [0.29, 0.717) is 22.7 Å². The number of aromatic amines is 1. The molecule has 34 heavy (non-hydrogen) atoms. The largest absolute Gasteiger partial charge is 0.349 e. The molecule has 0 spiro atoms. The second kappa shape index (κ2) is 9.38. The molecule has 0 radical (unpaired) electrons. The van der Waals surface area contributed by atoms with Gasteiger partial charge in [0.1, 0.15) is 10.5 Å². The molecule has 5 rings (SSSR count). The van der Waals surface area contributed by atoms with E-state index in [9.17, 15) is 14.0 Å². The van der Waals surface area contributed by atoms with Crippen LogP contribution >= 0.6 is 11.3 Å². The molecule has 3 heterocycles. The lowest BCUT2D eigenvalue weighted by Gasteiger charge is -2.33. The highest BCUT2D eigenvalue weighted by Gasteiger charge is 2.28. The van der Waals surface area contributed by atoms with Crippen LogP contribution in [-0.2, 0) is 4.79 Å². The van der Waals surface area contributed by atoms with Gasteiger partial charge in [0, 0.05) is 24.0 Å². The van der Waals surface area contributed by atoms with Crippen molar-refractivity contribution < 1.29 is 9.18 Å². The fraction of sp³-hybridized carbons (Fsp3) is 0.269. The molecule has 2 aromatic heterocycles. The van der Waals surface area contributed by atoms with Gasteiger partial charge in [-0.3, -0.25) is 14.6 Å². The molecule has 6 nitrogen and oxygen atoms in total. The Bertz CT molecular complexity index is 1370. The van der Waals surface area contributed by atoms with Crippen LogP contribution in [0.15, 0.2) is 64.8 Å². The van der Waals surface area contributed by atoms with E-state index in [-0.39, 0.29) is 29.2 Å². The van der Waals surface area contributed by atoms with Crippen molar-refractivity contribution in [3.8, 4) is 11.1 Å². The number of hydrogen-bond acceptors (Lipinski definition) is 5. The Morgan fingerprint density at radius 1 is 1.21 bits per heavy atom. The van der Waals surface area contributed by atoms with Gasteiger partial charge in [0.05, 0.1) is 17.5 Å². The molecule has 8 heteroatoms. The average molecular weight is 477 g/mol. The van der Waals surface area contributed by atoms with Gasteiger partial charge in [-0.2, -0.15) is 0 Å². The van der Waals surface area contributed by atoms with Gasteiger partial charge < -0.3 is 10.2 Å². The summed E-state index contributed by atoms with van der Waals surface area (Å²) in [5.74, 6) is -0.0824. The monoisotopic (exact) mass is 476 g/mol. The molecule has 0 aliphatic carbocycles. The number of anilines is 1. The topological polar surface area (TPSA) is 78.1 Å². The first kappa shape index (κ1) is 22.3. The minimum absolute atomic E-state index is 0.0505. The zero-order valence-corrected chi connectivity index (χ0v) is 19.6. The van der Waals surface area contributed by atoms with E-state index in [1.54, 1.807) is 12.1 Å². The van der Waals surface area contributed by atoms with Crippen LogP contribution in [-0.4, -0.2) is 29.0 Å². The SMILES string of the molecule is C[C@@H](NC(=O)[C@@H]1CCCN(c2nc3c(-c4ccccc4)csc3c(=O)[nH]2)C1)c1ccc(F)cc1. The molecular weight excluding hydrogens is 451 g/mol. The Morgan fingerprint density at radius 2 is 1.97 bits per heavy atom. The fourth-order valence-corrected chi connectivity index (χ4v) is 5.35. The number of carbonyl (C=O) groups excluding carboxylic acids is 1. The number of H-pyrrole nitrogens is 1. The van der Waals surface area contributed by atoms with Gasteiger partial charge >= 0.3 is 0 Å². The zero-order chi connectivity index (χ0) is 23.7. The summed E-state index contributed by atoms with van der Waals surface area (Å²) in [7, 11) is 0. The van der Waals surface area contributed by atoms with Gasteiger partial charge in [-0.15, -0.1) is 11.3 Å². The van der Waals surface area contributed by atoms with E-state index in [4.69, 9.17) is 4.98 Å². The number of benzene rings is 2. The van der Waals surface area contributed by atoms with Crippen molar-refractivity contribution in [1.29, 1.82) is 0 Å². The van der Waals surface area contributed by atoms with Crippen LogP contribution in [0.2, 0.25) is 0 Å². The quantitative estimate of drug-likeness (QED) is 0.430. The van der Waals surface area contributed by atoms with E-state index >= 15 is 0 Å². The van der Waals surface area contributed by atoms with Gasteiger partial charge in [-0.05, 0) is 43.0 Å². The molecule has 174 valence electrons.